The van der Waals surface area contributed by atoms with E-state index in [1.165, 1.54) is 30.5 Å². The summed E-state index contributed by atoms with van der Waals surface area (Å²) >= 11 is 0. The number of nitrogens with zero attached hydrogens (tertiary/aromatic N) is 1. The van der Waals surface area contributed by atoms with Crippen LogP contribution in [-0.4, -0.2) is 6.04 Å². The second kappa shape index (κ2) is 6.62. The van der Waals surface area contributed by atoms with Crippen molar-refractivity contribution in [2.24, 2.45) is 0 Å². The van der Waals surface area contributed by atoms with Crippen molar-refractivity contribution < 1.29 is 0 Å². The molecule has 1 aliphatic rings. The van der Waals surface area contributed by atoms with E-state index in [2.05, 4.69) is 84.6 Å². The molecule has 0 fully saturated rings. The zero-order chi connectivity index (χ0) is 14.5. The van der Waals surface area contributed by atoms with E-state index in [0.29, 0.717) is 12.1 Å². The Morgan fingerprint density at radius 3 is 2.24 bits per heavy atom. The Morgan fingerprint density at radius 2 is 1.62 bits per heavy atom. The highest BCUT2D eigenvalue weighted by molar-refractivity contribution is 5.51. The molecule has 1 nitrogen and oxygen atoms in total. The maximum atomic E-state index is 2.56. The summed E-state index contributed by atoms with van der Waals surface area (Å²) < 4.78 is 0. The van der Waals surface area contributed by atoms with E-state index in [1.54, 1.807) is 0 Å². The number of para-hydroxylation sites is 1. The van der Waals surface area contributed by atoms with E-state index >= 15 is 0 Å². The van der Waals surface area contributed by atoms with Crippen LogP contribution in [0.1, 0.15) is 37.8 Å². The van der Waals surface area contributed by atoms with E-state index in [1.807, 2.05) is 0 Å². The Morgan fingerprint density at radius 1 is 0.952 bits per heavy atom. The van der Waals surface area contributed by atoms with Crippen LogP contribution in [0.25, 0.3) is 0 Å². The minimum atomic E-state index is 0.376. The van der Waals surface area contributed by atoms with Gasteiger partial charge in [0, 0.05) is 11.7 Å². The number of hydrogen-bond acceptors (Lipinski definition) is 1. The van der Waals surface area contributed by atoms with Gasteiger partial charge in [0.25, 0.3) is 0 Å². The predicted molar refractivity (Wildman–Crippen MR) is 90.6 cm³/mol. The monoisotopic (exact) mass is 277 g/mol. The molecule has 0 aromatic heterocycles. The van der Waals surface area contributed by atoms with Crippen molar-refractivity contribution in [3.05, 3.63) is 78.4 Å². The molecule has 0 aliphatic heterocycles. The van der Waals surface area contributed by atoms with Gasteiger partial charge in [-0.1, -0.05) is 60.7 Å². The van der Waals surface area contributed by atoms with E-state index in [9.17, 15) is 0 Å². The van der Waals surface area contributed by atoms with E-state index in [4.69, 9.17) is 0 Å². The molecule has 0 heterocycles. The first-order valence-corrected chi connectivity index (χ1v) is 7.91. The summed E-state index contributed by atoms with van der Waals surface area (Å²) in [7, 11) is 0. The van der Waals surface area contributed by atoms with Gasteiger partial charge in [-0.2, -0.15) is 0 Å². The number of hydrogen-bond donors (Lipinski definition) is 0. The van der Waals surface area contributed by atoms with Crippen molar-refractivity contribution in [2.45, 2.75) is 38.3 Å². The predicted octanol–water partition coefficient (Wildman–Crippen LogP) is 5.36. The highest BCUT2D eigenvalue weighted by atomic mass is 15.2. The Kier molecular flexibility index (Phi) is 4.40. The Hall–Kier alpha value is -2.02. The molecule has 0 spiro atoms. The normalized spacial score (nSPS) is 19.2. The van der Waals surface area contributed by atoms with Gasteiger partial charge < -0.3 is 4.90 Å². The number of allylic oxidation sites excluding steroid dienone is 1. The van der Waals surface area contributed by atoms with Crippen LogP contribution in [0.5, 0.6) is 0 Å². The van der Waals surface area contributed by atoms with Gasteiger partial charge in [0.05, 0.1) is 6.04 Å². The first kappa shape index (κ1) is 13.9. The summed E-state index contributed by atoms with van der Waals surface area (Å²) in [6.45, 7) is 2.31. The summed E-state index contributed by atoms with van der Waals surface area (Å²) in [6.07, 6.45) is 8.46. The fourth-order valence-corrected chi connectivity index (χ4v) is 3.22. The van der Waals surface area contributed by atoms with E-state index in [0.717, 1.165) is 0 Å². The van der Waals surface area contributed by atoms with Gasteiger partial charge in [-0.05, 0) is 43.9 Å². The molecule has 2 aromatic rings. The molecular formula is C20H23N. The average Bonchev–Trinajstić information content (AvgIpc) is 2.58. The van der Waals surface area contributed by atoms with Crippen LogP contribution in [0.2, 0.25) is 0 Å². The van der Waals surface area contributed by atoms with Crippen molar-refractivity contribution in [1.82, 2.24) is 0 Å². The number of anilines is 1. The highest BCUT2D eigenvalue weighted by Crippen LogP contribution is 2.32. The molecule has 0 saturated carbocycles. The second-order valence-corrected chi connectivity index (χ2v) is 5.76. The standard InChI is InChI=1S/C20H23N/c1-17(18-11-5-2-6-12-18)21(19-13-7-3-8-14-19)20-15-9-4-10-16-20/h2-3,5-9,11-15,17,20H,4,10,16H2,1H3. The largest absolute Gasteiger partial charge is 0.358 e. The van der Waals surface area contributed by atoms with Crippen LogP contribution in [0, 0.1) is 0 Å². The smallest absolute Gasteiger partial charge is 0.0520 e. The molecule has 0 N–H and O–H groups in total. The van der Waals surface area contributed by atoms with Gasteiger partial charge in [0.1, 0.15) is 0 Å². The van der Waals surface area contributed by atoms with Crippen molar-refractivity contribution >= 4 is 5.69 Å². The minimum Gasteiger partial charge on any atom is -0.358 e. The molecule has 21 heavy (non-hydrogen) atoms. The van der Waals surface area contributed by atoms with Crippen LogP contribution < -0.4 is 4.90 Å². The zero-order valence-electron chi connectivity index (χ0n) is 12.7. The van der Waals surface area contributed by atoms with Crippen molar-refractivity contribution in [3.8, 4) is 0 Å². The molecule has 2 atom stereocenters. The molecule has 0 bridgehead atoms. The first-order chi connectivity index (χ1) is 10.4. The number of benzene rings is 2. The lowest BCUT2D eigenvalue weighted by atomic mass is 9.97. The molecular weight excluding hydrogens is 254 g/mol. The lowest BCUT2D eigenvalue weighted by Gasteiger charge is -2.38. The lowest BCUT2D eigenvalue weighted by Crippen LogP contribution is -2.37. The van der Waals surface area contributed by atoms with Crippen molar-refractivity contribution in [2.75, 3.05) is 4.90 Å². The molecule has 108 valence electrons. The van der Waals surface area contributed by atoms with Crippen LogP contribution in [0.4, 0.5) is 5.69 Å². The summed E-state index contributed by atoms with van der Waals surface area (Å²) in [6, 6.07) is 22.5. The third kappa shape index (κ3) is 3.18. The quantitative estimate of drug-likeness (QED) is 0.680. The van der Waals surface area contributed by atoms with Gasteiger partial charge in [0.15, 0.2) is 0 Å². The maximum Gasteiger partial charge on any atom is 0.0520 e. The summed E-state index contributed by atoms with van der Waals surface area (Å²) in [4.78, 5) is 2.56. The fraction of sp³-hybridized carbons (Fsp3) is 0.300. The summed E-state index contributed by atoms with van der Waals surface area (Å²) in [5, 5.41) is 0. The topological polar surface area (TPSA) is 3.24 Å². The van der Waals surface area contributed by atoms with Gasteiger partial charge in [0.2, 0.25) is 0 Å². The minimum absolute atomic E-state index is 0.376. The molecule has 0 saturated heterocycles. The average molecular weight is 277 g/mol. The molecule has 2 unspecified atom stereocenters. The first-order valence-electron chi connectivity index (χ1n) is 7.91. The van der Waals surface area contributed by atoms with Crippen molar-refractivity contribution in [1.29, 1.82) is 0 Å². The Bertz CT molecular complexity index is 573. The van der Waals surface area contributed by atoms with E-state index < -0.39 is 0 Å². The lowest BCUT2D eigenvalue weighted by molar-refractivity contribution is 0.540. The second-order valence-electron chi connectivity index (χ2n) is 5.76. The Balaban J connectivity index is 1.96. The maximum absolute atomic E-state index is 2.56. The van der Waals surface area contributed by atoms with Crippen LogP contribution >= 0.6 is 0 Å². The zero-order valence-corrected chi connectivity index (χ0v) is 12.7. The highest BCUT2D eigenvalue weighted by Gasteiger charge is 2.24. The molecule has 2 aromatic carbocycles. The SMILES string of the molecule is CC(c1ccccc1)N(c1ccccc1)C1C=CCCC1. The van der Waals surface area contributed by atoms with Gasteiger partial charge >= 0.3 is 0 Å². The third-order valence-corrected chi connectivity index (χ3v) is 4.34. The number of rotatable bonds is 4. The summed E-state index contributed by atoms with van der Waals surface area (Å²) in [5.74, 6) is 0. The van der Waals surface area contributed by atoms with Crippen LogP contribution in [0.15, 0.2) is 72.8 Å². The molecule has 0 amide bonds. The van der Waals surface area contributed by atoms with Crippen LogP contribution in [0.3, 0.4) is 0 Å². The van der Waals surface area contributed by atoms with E-state index in [-0.39, 0.29) is 0 Å². The molecule has 1 heteroatoms. The molecule has 0 radical (unpaired) electrons. The third-order valence-electron chi connectivity index (χ3n) is 4.34. The van der Waals surface area contributed by atoms with Crippen LogP contribution in [-0.2, 0) is 0 Å². The van der Waals surface area contributed by atoms with Gasteiger partial charge in [-0.3, -0.25) is 0 Å². The molecule has 1 aliphatic carbocycles. The molecule has 3 rings (SSSR count). The Labute approximate surface area is 127 Å². The van der Waals surface area contributed by atoms with Gasteiger partial charge in [-0.15, -0.1) is 0 Å². The fourth-order valence-electron chi connectivity index (χ4n) is 3.22. The summed E-state index contributed by atoms with van der Waals surface area (Å²) in [5.41, 5.74) is 2.69. The van der Waals surface area contributed by atoms with Crippen molar-refractivity contribution in [3.63, 3.8) is 0 Å². The van der Waals surface area contributed by atoms with Gasteiger partial charge in [-0.25, -0.2) is 0 Å².